The zero-order valence-corrected chi connectivity index (χ0v) is 12.1. The number of fused-ring (bicyclic) bond motifs is 1. The van der Waals surface area contributed by atoms with Crippen LogP contribution >= 0.6 is 11.6 Å². The van der Waals surface area contributed by atoms with Gasteiger partial charge in [-0.2, -0.15) is 0 Å². The standard InChI is InChI=1S/C14H20ClN3O/c1-8(2)10(6-16)7-17-13-3-9-4-14(19)18-12(9)5-11(13)15/h3,5,8,10,17H,4,6-7,16H2,1-2H3,(H,18,19). The number of hydrogen-bond acceptors (Lipinski definition) is 3. The molecule has 1 unspecified atom stereocenters. The first kappa shape index (κ1) is 14.2. The molecule has 0 saturated carbocycles. The summed E-state index contributed by atoms with van der Waals surface area (Å²) >= 11 is 6.22. The molecule has 1 atom stereocenters. The molecular weight excluding hydrogens is 262 g/mol. The minimum absolute atomic E-state index is 0.0187. The van der Waals surface area contributed by atoms with Gasteiger partial charge < -0.3 is 16.4 Å². The number of nitrogens with two attached hydrogens (primary N) is 1. The van der Waals surface area contributed by atoms with E-state index in [0.717, 1.165) is 23.5 Å². The second-order valence-corrected chi connectivity index (χ2v) is 5.74. The summed E-state index contributed by atoms with van der Waals surface area (Å²) in [5.41, 5.74) is 8.44. The second-order valence-electron chi connectivity index (χ2n) is 5.33. The highest BCUT2D eigenvalue weighted by Gasteiger charge is 2.20. The molecule has 2 rings (SSSR count). The molecule has 0 spiro atoms. The minimum atomic E-state index is 0.0187. The van der Waals surface area contributed by atoms with Crippen LogP contribution in [-0.4, -0.2) is 19.0 Å². The summed E-state index contributed by atoms with van der Waals surface area (Å²) in [5.74, 6) is 0.947. The molecule has 1 aromatic carbocycles. The predicted molar refractivity (Wildman–Crippen MR) is 79.7 cm³/mol. The van der Waals surface area contributed by atoms with Crippen LogP contribution < -0.4 is 16.4 Å². The van der Waals surface area contributed by atoms with Gasteiger partial charge in [0.05, 0.1) is 17.1 Å². The molecule has 0 radical (unpaired) electrons. The van der Waals surface area contributed by atoms with E-state index in [1.807, 2.05) is 6.07 Å². The summed E-state index contributed by atoms with van der Waals surface area (Å²) in [7, 11) is 0. The van der Waals surface area contributed by atoms with E-state index in [-0.39, 0.29) is 5.91 Å². The van der Waals surface area contributed by atoms with Crippen molar-refractivity contribution in [2.45, 2.75) is 20.3 Å². The van der Waals surface area contributed by atoms with Crippen LogP contribution in [0.25, 0.3) is 0 Å². The van der Waals surface area contributed by atoms with E-state index in [1.54, 1.807) is 6.07 Å². The van der Waals surface area contributed by atoms with Gasteiger partial charge in [0.15, 0.2) is 0 Å². The van der Waals surface area contributed by atoms with Crippen molar-refractivity contribution in [1.29, 1.82) is 0 Å². The molecular formula is C14H20ClN3O. The molecule has 104 valence electrons. The van der Waals surface area contributed by atoms with Gasteiger partial charge in [-0.15, -0.1) is 0 Å². The van der Waals surface area contributed by atoms with Gasteiger partial charge in [-0.1, -0.05) is 25.4 Å². The normalized spacial score (nSPS) is 15.3. The Morgan fingerprint density at radius 1 is 1.47 bits per heavy atom. The number of benzene rings is 1. The summed E-state index contributed by atoms with van der Waals surface area (Å²) in [5, 5.41) is 6.75. The average molecular weight is 282 g/mol. The number of hydrogen-bond donors (Lipinski definition) is 3. The Labute approximate surface area is 118 Å². The maximum atomic E-state index is 11.3. The zero-order valence-electron chi connectivity index (χ0n) is 11.3. The average Bonchev–Trinajstić information content (AvgIpc) is 2.68. The Kier molecular flexibility index (Phi) is 4.32. The fourth-order valence-electron chi connectivity index (χ4n) is 2.22. The molecule has 1 aliphatic rings. The molecule has 0 bridgehead atoms. The third-order valence-corrected chi connectivity index (χ3v) is 3.93. The minimum Gasteiger partial charge on any atom is -0.383 e. The summed E-state index contributed by atoms with van der Waals surface area (Å²) in [6, 6.07) is 3.75. The van der Waals surface area contributed by atoms with Crippen molar-refractivity contribution >= 4 is 28.9 Å². The van der Waals surface area contributed by atoms with Crippen molar-refractivity contribution in [3.63, 3.8) is 0 Å². The highest BCUT2D eigenvalue weighted by Crippen LogP contribution is 2.33. The summed E-state index contributed by atoms with van der Waals surface area (Å²) in [4.78, 5) is 11.3. The molecule has 0 saturated heterocycles. The van der Waals surface area contributed by atoms with Gasteiger partial charge in [-0.3, -0.25) is 4.79 Å². The smallest absolute Gasteiger partial charge is 0.228 e. The molecule has 0 aromatic heterocycles. The maximum Gasteiger partial charge on any atom is 0.228 e. The SMILES string of the molecule is CC(C)C(CN)CNc1cc2c(cc1Cl)NC(=O)C2. The third kappa shape index (κ3) is 3.19. The van der Waals surface area contributed by atoms with Crippen LogP contribution in [0, 0.1) is 11.8 Å². The van der Waals surface area contributed by atoms with Crippen LogP contribution in [0.3, 0.4) is 0 Å². The van der Waals surface area contributed by atoms with E-state index in [2.05, 4.69) is 24.5 Å². The molecule has 1 amide bonds. The van der Waals surface area contributed by atoms with Crippen molar-refractivity contribution in [3.05, 3.63) is 22.7 Å². The summed E-state index contributed by atoms with van der Waals surface area (Å²) in [6.45, 7) is 5.75. The number of carbonyl (C=O) groups is 1. The van der Waals surface area contributed by atoms with Gasteiger partial charge in [0, 0.05) is 12.2 Å². The van der Waals surface area contributed by atoms with Crippen molar-refractivity contribution in [2.24, 2.45) is 17.6 Å². The first-order chi connectivity index (χ1) is 9.01. The molecule has 0 aliphatic carbocycles. The lowest BCUT2D eigenvalue weighted by Gasteiger charge is -2.20. The zero-order chi connectivity index (χ0) is 14.0. The van der Waals surface area contributed by atoms with Crippen LogP contribution in [-0.2, 0) is 11.2 Å². The largest absolute Gasteiger partial charge is 0.383 e. The number of halogens is 1. The Morgan fingerprint density at radius 2 is 2.21 bits per heavy atom. The Bertz CT molecular complexity index is 488. The van der Waals surface area contributed by atoms with E-state index in [4.69, 9.17) is 17.3 Å². The second kappa shape index (κ2) is 5.80. The summed E-state index contributed by atoms with van der Waals surface area (Å²) in [6.07, 6.45) is 0.422. The summed E-state index contributed by atoms with van der Waals surface area (Å²) < 4.78 is 0. The highest BCUT2D eigenvalue weighted by atomic mass is 35.5. The van der Waals surface area contributed by atoms with Gasteiger partial charge in [0.2, 0.25) is 5.91 Å². The van der Waals surface area contributed by atoms with E-state index in [1.165, 1.54) is 0 Å². The quantitative estimate of drug-likeness (QED) is 0.777. The molecule has 0 fully saturated rings. The Hall–Kier alpha value is -1.26. The number of amides is 1. The van der Waals surface area contributed by atoms with Crippen molar-refractivity contribution in [2.75, 3.05) is 23.7 Å². The number of nitrogens with one attached hydrogen (secondary N) is 2. The van der Waals surface area contributed by atoms with Gasteiger partial charge in [-0.25, -0.2) is 0 Å². The first-order valence-electron chi connectivity index (χ1n) is 6.57. The lowest BCUT2D eigenvalue weighted by atomic mass is 9.96. The predicted octanol–water partition coefficient (Wildman–Crippen LogP) is 2.48. The lowest BCUT2D eigenvalue weighted by Crippen LogP contribution is -2.27. The van der Waals surface area contributed by atoms with Crippen LogP contribution in [0.2, 0.25) is 5.02 Å². The number of carbonyl (C=O) groups excluding carboxylic acids is 1. The van der Waals surface area contributed by atoms with E-state index in [9.17, 15) is 4.79 Å². The topological polar surface area (TPSA) is 67.2 Å². The monoisotopic (exact) mass is 281 g/mol. The van der Waals surface area contributed by atoms with Crippen molar-refractivity contribution in [3.8, 4) is 0 Å². The molecule has 5 heteroatoms. The molecule has 1 aromatic rings. The van der Waals surface area contributed by atoms with Crippen LogP contribution in [0.1, 0.15) is 19.4 Å². The van der Waals surface area contributed by atoms with Gasteiger partial charge in [0.25, 0.3) is 0 Å². The molecule has 1 heterocycles. The Balaban J connectivity index is 2.09. The van der Waals surface area contributed by atoms with E-state index < -0.39 is 0 Å². The Morgan fingerprint density at radius 3 is 2.84 bits per heavy atom. The van der Waals surface area contributed by atoms with Gasteiger partial charge in [0.1, 0.15) is 0 Å². The molecule has 19 heavy (non-hydrogen) atoms. The third-order valence-electron chi connectivity index (χ3n) is 3.62. The fourth-order valence-corrected chi connectivity index (χ4v) is 2.45. The first-order valence-corrected chi connectivity index (χ1v) is 6.95. The number of anilines is 2. The van der Waals surface area contributed by atoms with Crippen molar-refractivity contribution < 1.29 is 4.79 Å². The molecule has 4 N–H and O–H groups in total. The van der Waals surface area contributed by atoms with Gasteiger partial charge >= 0.3 is 0 Å². The van der Waals surface area contributed by atoms with Crippen LogP contribution in [0.4, 0.5) is 11.4 Å². The van der Waals surface area contributed by atoms with Crippen LogP contribution in [0.15, 0.2) is 12.1 Å². The lowest BCUT2D eigenvalue weighted by molar-refractivity contribution is -0.115. The van der Waals surface area contributed by atoms with Gasteiger partial charge in [-0.05, 0) is 36.1 Å². The van der Waals surface area contributed by atoms with Crippen LogP contribution in [0.5, 0.6) is 0 Å². The molecule has 4 nitrogen and oxygen atoms in total. The van der Waals surface area contributed by atoms with Crippen molar-refractivity contribution in [1.82, 2.24) is 0 Å². The van der Waals surface area contributed by atoms with E-state index in [0.29, 0.717) is 29.8 Å². The number of rotatable bonds is 5. The van der Waals surface area contributed by atoms with E-state index >= 15 is 0 Å². The molecule has 1 aliphatic heterocycles. The fraction of sp³-hybridized carbons (Fsp3) is 0.500. The highest BCUT2D eigenvalue weighted by molar-refractivity contribution is 6.33. The maximum absolute atomic E-state index is 11.3.